The van der Waals surface area contributed by atoms with Crippen LogP contribution in [-0.2, 0) is 0 Å². The SMILES string of the molecule is CCN(CC)CCN1CC(O)CC1CN(C)C. The molecule has 0 bridgehead atoms. The van der Waals surface area contributed by atoms with Gasteiger partial charge in [0, 0.05) is 32.2 Å². The minimum Gasteiger partial charge on any atom is -0.392 e. The first kappa shape index (κ1) is 14.9. The molecule has 0 amide bonds. The van der Waals surface area contributed by atoms with Gasteiger partial charge in [-0.05, 0) is 33.6 Å². The molecular weight excluding hydrogens is 214 g/mol. The van der Waals surface area contributed by atoms with E-state index in [4.69, 9.17) is 0 Å². The Morgan fingerprint density at radius 3 is 2.41 bits per heavy atom. The number of aliphatic hydroxyl groups is 1. The Balaban J connectivity index is 2.38. The number of likely N-dealkylation sites (N-methyl/N-ethyl adjacent to an activating group) is 2. The number of likely N-dealkylation sites (tertiary alicyclic amines) is 1. The molecule has 0 spiro atoms. The Morgan fingerprint density at radius 1 is 1.24 bits per heavy atom. The van der Waals surface area contributed by atoms with E-state index in [1.807, 2.05) is 0 Å². The number of rotatable bonds is 7. The molecule has 0 saturated carbocycles. The van der Waals surface area contributed by atoms with Gasteiger partial charge in [-0.2, -0.15) is 0 Å². The molecule has 2 unspecified atom stereocenters. The Bertz CT molecular complexity index is 207. The van der Waals surface area contributed by atoms with Gasteiger partial charge in [0.15, 0.2) is 0 Å². The maximum Gasteiger partial charge on any atom is 0.0682 e. The summed E-state index contributed by atoms with van der Waals surface area (Å²) < 4.78 is 0. The quantitative estimate of drug-likeness (QED) is 0.698. The summed E-state index contributed by atoms with van der Waals surface area (Å²) >= 11 is 0. The maximum absolute atomic E-state index is 9.79. The molecule has 2 atom stereocenters. The Morgan fingerprint density at radius 2 is 1.88 bits per heavy atom. The van der Waals surface area contributed by atoms with E-state index < -0.39 is 0 Å². The van der Waals surface area contributed by atoms with Gasteiger partial charge in [0.05, 0.1) is 6.10 Å². The Hall–Kier alpha value is -0.160. The van der Waals surface area contributed by atoms with Gasteiger partial charge >= 0.3 is 0 Å². The van der Waals surface area contributed by atoms with Gasteiger partial charge in [0.25, 0.3) is 0 Å². The molecular formula is C13H29N3O. The number of nitrogens with zero attached hydrogens (tertiary/aromatic N) is 3. The predicted molar refractivity (Wildman–Crippen MR) is 72.3 cm³/mol. The highest BCUT2D eigenvalue weighted by atomic mass is 16.3. The fourth-order valence-corrected chi connectivity index (χ4v) is 2.65. The zero-order valence-corrected chi connectivity index (χ0v) is 11.9. The van der Waals surface area contributed by atoms with E-state index in [1.165, 1.54) is 0 Å². The van der Waals surface area contributed by atoms with Gasteiger partial charge in [-0.3, -0.25) is 4.90 Å². The summed E-state index contributed by atoms with van der Waals surface area (Å²) in [6.07, 6.45) is 0.799. The van der Waals surface area contributed by atoms with Crippen molar-refractivity contribution in [2.24, 2.45) is 0 Å². The van der Waals surface area contributed by atoms with Crippen LogP contribution in [0.4, 0.5) is 0 Å². The van der Waals surface area contributed by atoms with Gasteiger partial charge < -0.3 is 14.9 Å². The van der Waals surface area contributed by atoms with Gasteiger partial charge in [-0.25, -0.2) is 0 Å². The highest BCUT2D eigenvalue weighted by molar-refractivity contribution is 4.86. The van der Waals surface area contributed by atoms with E-state index >= 15 is 0 Å². The molecule has 1 N–H and O–H groups in total. The smallest absolute Gasteiger partial charge is 0.0682 e. The van der Waals surface area contributed by atoms with E-state index in [2.05, 4.69) is 42.6 Å². The summed E-state index contributed by atoms with van der Waals surface area (Å²) in [5, 5.41) is 9.79. The summed E-state index contributed by atoms with van der Waals surface area (Å²) in [6.45, 7) is 10.7. The first-order chi connectivity index (χ1) is 8.06. The van der Waals surface area contributed by atoms with Crippen LogP contribution < -0.4 is 0 Å². The lowest BCUT2D eigenvalue weighted by Crippen LogP contribution is -2.42. The molecule has 0 aromatic heterocycles. The van der Waals surface area contributed by atoms with Crippen LogP contribution in [0.25, 0.3) is 0 Å². The van der Waals surface area contributed by atoms with Crippen molar-refractivity contribution >= 4 is 0 Å². The monoisotopic (exact) mass is 243 g/mol. The molecule has 4 heteroatoms. The van der Waals surface area contributed by atoms with Crippen LogP contribution in [0.2, 0.25) is 0 Å². The lowest BCUT2D eigenvalue weighted by molar-refractivity contribution is 0.159. The maximum atomic E-state index is 9.79. The van der Waals surface area contributed by atoms with Crippen LogP contribution >= 0.6 is 0 Å². The average molecular weight is 243 g/mol. The molecule has 0 aromatic rings. The van der Waals surface area contributed by atoms with E-state index in [-0.39, 0.29) is 6.10 Å². The van der Waals surface area contributed by atoms with Gasteiger partial charge in [0.2, 0.25) is 0 Å². The lowest BCUT2D eigenvalue weighted by atomic mass is 10.2. The van der Waals surface area contributed by atoms with E-state index in [0.717, 1.165) is 45.7 Å². The fraction of sp³-hybridized carbons (Fsp3) is 1.00. The Labute approximate surface area is 106 Å². The molecule has 1 heterocycles. The van der Waals surface area contributed by atoms with Crippen LogP contribution in [0.5, 0.6) is 0 Å². The third-order valence-corrected chi connectivity index (χ3v) is 3.68. The molecule has 17 heavy (non-hydrogen) atoms. The number of hydrogen-bond donors (Lipinski definition) is 1. The lowest BCUT2D eigenvalue weighted by Gasteiger charge is -2.29. The van der Waals surface area contributed by atoms with Crippen molar-refractivity contribution in [3.05, 3.63) is 0 Å². The molecule has 4 nitrogen and oxygen atoms in total. The van der Waals surface area contributed by atoms with Gasteiger partial charge in [-0.15, -0.1) is 0 Å². The summed E-state index contributed by atoms with van der Waals surface area (Å²) in [6, 6.07) is 0.524. The molecule has 0 aliphatic carbocycles. The first-order valence-electron chi connectivity index (χ1n) is 6.86. The van der Waals surface area contributed by atoms with E-state index in [0.29, 0.717) is 6.04 Å². The Kier molecular flexibility index (Phi) is 6.41. The van der Waals surface area contributed by atoms with Crippen LogP contribution in [0.15, 0.2) is 0 Å². The largest absolute Gasteiger partial charge is 0.392 e. The second-order valence-corrected chi connectivity index (χ2v) is 5.33. The average Bonchev–Trinajstić information content (AvgIpc) is 2.59. The molecule has 1 saturated heterocycles. The second kappa shape index (κ2) is 7.31. The number of aliphatic hydroxyl groups excluding tert-OH is 1. The van der Waals surface area contributed by atoms with Gasteiger partial charge in [0.1, 0.15) is 0 Å². The van der Waals surface area contributed by atoms with Crippen molar-refractivity contribution in [3.63, 3.8) is 0 Å². The third-order valence-electron chi connectivity index (χ3n) is 3.68. The van der Waals surface area contributed by atoms with Crippen molar-refractivity contribution in [2.45, 2.75) is 32.4 Å². The molecule has 1 fully saturated rings. The molecule has 1 aliphatic heterocycles. The first-order valence-corrected chi connectivity index (χ1v) is 6.86. The normalized spacial score (nSPS) is 26.3. The highest BCUT2D eigenvalue weighted by Crippen LogP contribution is 2.18. The van der Waals surface area contributed by atoms with Crippen molar-refractivity contribution in [1.82, 2.24) is 14.7 Å². The number of hydrogen-bond acceptors (Lipinski definition) is 4. The summed E-state index contributed by atoms with van der Waals surface area (Å²) in [5.74, 6) is 0. The van der Waals surface area contributed by atoms with Crippen molar-refractivity contribution < 1.29 is 5.11 Å². The highest BCUT2D eigenvalue weighted by Gasteiger charge is 2.30. The summed E-state index contributed by atoms with van der Waals surface area (Å²) in [5.41, 5.74) is 0. The van der Waals surface area contributed by atoms with Gasteiger partial charge in [-0.1, -0.05) is 13.8 Å². The summed E-state index contributed by atoms with van der Waals surface area (Å²) in [4.78, 5) is 7.10. The zero-order chi connectivity index (χ0) is 12.8. The van der Waals surface area contributed by atoms with Crippen molar-refractivity contribution in [1.29, 1.82) is 0 Å². The molecule has 0 radical (unpaired) electrons. The third kappa shape index (κ3) is 4.92. The van der Waals surface area contributed by atoms with Crippen LogP contribution in [0.3, 0.4) is 0 Å². The van der Waals surface area contributed by atoms with E-state index in [9.17, 15) is 5.11 Å². The van der Waals surface area contributed by atoms with Crippen molar-refractivity contribution in [3.8, 4) is 0 Å². The zero-order valence-electron chi connectivity index (χ0n) is 11.9. The number of β-amino-alcohol motifs (C(OH)–C–C–N with tert-alkyl or cyclic N) is 1. The minimum atomic E-state index is -0.128. The molecule has 1 aliphatic rings. The molecule has 0 aromatic carbocycles. The van der Waals surface area contributed by atoms with Crippen LogP contribution in [-0.4, -0.2) is 85.3 Å². The summed E-state index contributed by atoms with van der Waals surface area (Å²) in [7, 11) is 4.21. The topological polar surface area (TPSA) is 30.0 Å². The minimum absolute atomic E-state index is 0.128. The van der Waals surface area contributed by atoms with Crippen LogP contribution in [0.1, 0.15) is 20.3 Å². The second-order valence-electron chi connectivity index (χ2n) is 5.33. The van der Waals surface area contributed by atoms with Crippen LogP contribution in [0, 0.1) is 0 Å². The standard InChI is InChI=1S/C13H29N3O/c1-5-15(6-2)7-8-16-11-13(17)9-12(16)10-14(3)4/h12-13,17H,5-11H2,1-4H3. The fourth-order valence-electron chi connectivity index (χ4n) is 2.65. The predicted octanol–water partition coefficient (Wildman–Crippen LogP) is 0.325. The molecule has 1 rings (SSSR count). The van der Waals surface area contributed by atoms with E-state index in [1.54, 1.807) is 0 Å². The molecule has 102 valence electrons. The van der Waals surface area contributed by atoms with Crippen molar-refractivity contribution in [2.75, 3.05) is 53.4 Å².